The summed E-state index contributed by atoms with van der Waals surface area (Å²) in [5.41, 5.74) is 1.06. The van der Waals surface area contributed by atoms with Crippen molar-refractivity contribution in [1.82, 2.24) is 0 Å². The van der Waals surface area contributed by atoms with Crippen molar-refractivity contribution in [2.45, 2.75) is 29.8 Å². The summed E-state index contributed by atoms with van der Waals surface area (Å²) in [7, 11) is -3.59. The van der Waals surface area contributed by atoms with Gasteiger partial charge in [-0.05, 0) is 36.5 Å². The largest absolute Gasteiger partial charge is 0.393 e. The number of rotatable bonds is 2. The topological polar surface area (TPSA) is 80.4 Å². The highest BCUT2D eigenvalue weighted by Gasteiger charge is 2.28. The third-order valence-electron chi connectivity index (χ3n) is 2.79. The molecular formula is C10H13NO3S. The number of aliphatic hydroxyl groups is 1. The van der Waals surface area contributed by atoms with Gasteiger partial charge < -0.3 is 5.11 Å². The van der Waals surface area contributed by atoms with Gasteiger partial charge in [-0.2, -0.15) is 0 Å². The van der Waals surface area contributed by atoms with Crippen LogP contribution in [0.2, 0.25) is 0 Å². The Hall–Kier alpha value is -0.910. The Bertz CT molecular complexity index is 446. The molecule has 3 N–H and O–H groups in total. The third-order valence-corrected chi connectivity index (χ3v) is 3.72. The highest BCUT2D eigenvalue weighted by molar-refractivity contribution is 7.89. The van der Waals surface area contributed by atoms with E-state index in [1.54, 1.807) is 12.1 Å². The van der Waals surface area contributed by atoms with Gasteiger partial charge in [0.1, 0.15) is 0 Å². The maximum atomic E-state index is 11.0. The summed E-state index contributed by atoms with van der Waals surface area (Å²) in [6.07, 6.45) is 1.32. The zero-order valence-electron chi connectivity index (χ0n) is 8.13. The van der Waals surface area contributed by atoms with Crippen LogP contribution in [0.3, 0.4) is 0 Å². The lowest BCUT2D eigenvalue weighted by Gasteiger charge is -2.31. The van der Waals surface area contributed by atoms with Gasteiger partial charge in [-0.1, -0.05) is 12.1 Å². The van der Waals surface area contributed by atoms with E-state index in [1.807, 2.05) is 0 Å². The zero-order valence-corrected chi connectivity index (χ0v) is 8.94. The molecule has 0 saturated heterocycles. The van der Waals surface area contributed by atoms with E-state index in [0.29, 0.717) is 5.92 Å². The van der Waals surface area contributed by atoms with Crippen molar-refractivity contribution in [1.29, 1.82) is 0 Å². The normalized spacial score (nSPS) is 26.0. The zero-order chi connectivity index (χ0) is 11.1. The lowest BCUT2D eigenvalue weighted by molar-refractivity contribution is 0.0746. The van der Waals surface area contributed by atoms with Crippen molar-refractivity contribution in [2.75, 3.05) is 0 Å². The van der Waals surface area contributed by atoms with Gasteiger partial charge >= 0.3 is 0 Å². The number of aliphatic hydroxyl groups excluding tert-OH is 1. The Balaban J connectivity index is 2.18. The summed E-state index contributed by atoms with van der Waals surface area (Å²) in [5.74, 6) is 0.356. The molecule has 0 atom stereocenters. The summed E-state index contributed by atoms with van der Waals surface area (Å²) in [5, 5.41) is 14.1. The number of primary sulfonamides is 1. The van der Waals surface area contributed by atoms with Crippen molar-refractivity contribution < 1.29 is 13.5 Å². The molecule has 1 aromatic carbocycles. The Morgan fingerprint density at radius 2 is 1.73 bits per heavy atom. The van der Waals surface area contributed by atoms with E-state index in [9.17, 15) is 8.42 Å². The molecule has 1 aliphatic carbocycles. The fourth-order valence-electron chi connectivity index (χ4n) is 1.79. The molecule has 0 unspecified atom stereocenters. The fourth-order valence-corrected chi connectivity index (χ4v) is 2.31. The SMILES string of the molecule is NS(=O)(=O)c1ccc(C2CC(O)C2)cc1. The van der Waals surface area contributed by atoms with E-state index in [1.165, 1.54) is 12.1 Å². The van der Waals surface area contributed by atoms with Gasteiger partial charge in [0, 0.05) is 0 Å². The Labute approximate surface area is 88.8 Å². The minimum absolute atomic E-state index is 0.131. The van der Waals surface area contributed by atoms with Crippen LogP contribution < -0.4 is 5.14 Å². The monoisotopic (exact) mass is 227 g/mol. The van der Waals surface area contributed by atoms with Gasteiger partial charge in [0.15, 0.2) is 0 Å². The van der Waals surface area contributed by atoms with Crippen molar-refractivity contribution >= 4 is 10.0 Å². The van der Waals surface area contributed by atoms with Crippen LogP contribution in [0, 0.1) is 0 Å². The van der Waals surface area contributed by atoms with E-state index in [4.69, 9.17) is 10.2 Å². The quantitative estimate of drug-likeness (QED) is 0.775. The molecule has 15 heavy (non-hydrogen) atoms. The molecular weight excluding hydrogens is 214 g/mol. The second kappa shape index (κ2) is 3.59. The summed E-state index contributed by atoms with van der Waals surface area (Å²) in [6, 6.07) is 6.54. The molecule has 1 aliphatic rings. The second-order valence-corrected chi connectivity index (χ2v) is 5.50. The number of nitrogens with two attached hydrogens (primary N) is 1. The van der Waals surface area contributed by atoms with Crippen LogP contribution in [0.15, 0.2) is 29.2 Å². The molecule has 0 amide bonds. The molecule has 1 saturated carbocycles. The maximum Gasteiger partial charge on any atom is 0.238 e. The van der Waals surface area contributed by atoms with Crippen LogP contribution in [0.25, 0.3) is 0 Å². The predicted octanol–water partition coefficient (Wildman–Crippen LogP) is 0.572. The smallest absolute Gasteiger partial charge is 0.238 e. The first-order valence-corrected chi connectivity index (χ1v) is 6.32. The lowest BCUT2D eigenvalue weighted by Crippen LogP contribution is -2.26. The Morgan fingerprint density at radius 3 is 2.13 bits per heavy atom. The Morgan fingerprint density at radius 1 is 1.20 bits per heavy atom. The first-order chi connectivity index (χ1) is 6.97. The molecule has 0 bridgehead atoms. The average molecular weight is 227 g/mol. The van der Waals surface area contributed by atoms with Crippen LogP contribution >= 0.6 is 0 Å². The van der Waals surface area contributed by atoms with Crippen molar-refractivity contribution in [3.63, 3.8) is 0 Å². The first kappa shape index (κ1) is 10.6. The van der Waals surface area contributed by atoms with Gasteiger partial charge in [-0.15, -0.1) is 0 Å². The molecule has 5 heteroatoms. The van der Waals surface area contributed by atoms with Crippen LogP contribution in [0.1, 0.15) is 24.3 Å². The number of sulfonamides is 1. The highest BCUT2D eigenvalue weighted by atomic mass is 32.2. The van der Waals surface area contributed by atoms with Gasteiger partial charge in [-0.25, -0.2) is 13.6 Å². The lowest BCUT2D eigenvalue weighted by atomic mass is 9.78. The fraction of sp³-hybridized carbons (Fsp3) is 0.400. The van der Waals surface area contributed by atoms with Crippen LogP contribution in [-0.2, 0) is 10.0 Å². The summed E-state index contributed by atoms with van der Waals surface area (Å²) < 4.78 is 22.0. The maximum absolute atomic E-state index is 11.0. The number of hydrogen-bond acceptors (Lipinski definition) is 3. The van der Waals surface area contributed by atoms with Crippen LogP contribution in [0.4, 0.5) is 0 Å². The second-order valence-electron chi connectivity index (χ2n) is 3.94. The molecule has 0 aliphatic heterocycles. The van der Waals surface area contributed by atoms with Gasteiger partial charge in [-0.3, -0.25) is 0 Å². The summed E-state index contributed by atoms with van der Waals surface area (Å²) in [6.45, 7) is 0. The summed E-state index contributed by atoms with van der Waals surface area (Å²) in [4.78, 5) is 0.131. The molecule has 1 fully saturated rings. The minimum Gasteiger partial charge on any atom is -0.393 e. The first-order valence-electron chi connectivity index (χ1n) is 4.77. The molecule has 2 rings (SSSR count). The molecule has 4 nitrogen and oxygen atoms in total. The number of benzene rings is 1. The standard InChI is InChI=1S/C10H13NO3S/c11-15(13,14)10-3-1-7(2-4-10)8-5-9(12)6-8/h1-4,8-9,12H,5-6H2,(H2,11,13,14). The van der Waals surface area contributed by atoms with Crippen LogP contribution in [-0.4, -0.2) is 19.6 Å². The van der Waals surface area contributed by atoms with Gasteiger partial charge in [0.25, 0.3) is 0 Å². The predicted molar refractivity (Wildman–Crippen MR) is 55.8 cm³/mol. The van der Waals surface area contributed by atoms with Crippen LogP contribution in [0.5, 0.6) is 0 Å². The van der Waals surface area contributed by atoms with E-state index >= 15 is 0 Å². The van der Waals surface area contributed by atoms with Gasteiger partial charge in [0.2, 0.25) is 10.0 Å². The molecule has 0 aromatic heterocycles. The highest BCUT2D eigenvalue weighted by Crippen LogP contribution is 2.36. The van der Waals surface area contributed by atoms with Crippen molar-refractivity contribution in [3.8, 4) is 0 Å². The number of hydrogen-bond donors (Lipinski definition) is 2. The minimum atomic E-state index is -3.59. The van der Waals surface area contributed by atoms with E-state index in [0.717, 1.165) is 18.4 Å². The molecule has 1 aromatic rings. The van der Waals surface area contributed by atoms with E-state index in [-0.39, 0.29) is 11.0 Å². The van der Waals surface area contributed by atoms with E-state index in [2.05, 4.69) is 0 Å². The Kier molecular flexibility index (Phi) is 2.54. The van der Waals surface area contributed by atoms with Crippen molar-refractivity contribution in [2.24, 2.45) is 5.14 Å². The summed E-state index contributed by atoms with van der Waals surface area (Å²) >= 11 is 0. The molecule has 0 radical (unpaired) electrons. The van der Waals surface area contributed by atoms with Crippen molar-refractivity contribution in [3.05, 3.63) is 29.8 Å². The molecule has 0 heterocycles. The molecule has 82 valence electrons. The molecule has 0 spiro atoms. The van der Waals surface area contributed by atoms with Gasteiger partial charge in [0.05, 0.1) is 11.0 Å². The van der Waals surface area contributed by atoms with E-state index < -0.39 is 10.0 Å². The average Bonchev–Trinajstić information content (AvgIpc) is 2.12. The third kappa shape index (κ3) is 2.19.